The minimum Gasteiger partial charge on any atom is -0.412 e. The average Bonchev–Trinajstić information content (AvgIpc) is 0.918. The van der Waals surface area contributed by atoms with Gasteiger partial charge in [-0.25, -0.2) is 0 Å². The minimum absolute atomic E-state index is 0. The van der Waals surface area contributed by atoms with Crippen LogP contribution in [0.25, 0.3) is 0 Å². The molecule has 0 fully saturated rings. The van der Waals surface area contributed by atoms with Gasteiger partial charge < -0.3 is 54.8 Å². The molecule has 12 nitrogen and oxygen atoms in total. The van der Waals surface area contributed by atoms with Crippen LogP contribution in [0.4, 0.5) is 0 Å². The summed E-state index contributed by atoms with van der Waals surface area (Å²) in [6, 6.07) is 0. The van der Waals surface area contributed by atoms with Crippen molar-refractivity contribution in [2.75, 3.05) is 0 Å². The predicted molar refractivity (Wildman–Crippen MR) is 47.4 cm³/mol. The number of hydrogen-bond donors (Lipinski definition) is 1. The Morgan fingerprint density at radius 1 is 0.538 bits per heavy atom. The molecule has 0 spiro atoms. The second kappa shape index (κ2) is 3040. The third kappa shape index (κ3) is 9410. The molecule has 0 saturated heterocycles. The van der Waals surface area contributed by atoms with Gasteiger partial charge in [-0.2, -0.15) is 4.89 Å². The van der Waals surface area contributed by atoms with Crippen LogP contribution in [-0.4, -0.2) is 59.7 Å². The first-order chi connectivity index (χ1) is 1.41. The second-order valence-corrected chi connectivity index (χ2v) is 0.274. The van der Waals surface area contributed by atoms with Gasteiger partial charge in [0, 0.05) is 0 Å². The van der Waals surface area contributed by atoms with Gasteiger partial charge in [-0.05, 0) is 4.57 Å². The zero-order chi connectivity index (χ0) is 2.71. The quantitative estimate of drug-likeness (QED) is 0.405. The molecule has 0 saturated carbocycles. The Morgan fingerprint density at radius 2 is 0.538 bits per heavy atom. The van der Waals surface area contributed by atoms with E-state index < -0.39 is 8.69 Å². The molecule has 0 aliphatic heterocycles. The maximum absolute atomic E-state index is 8.51. The molecule has 1 atom stereocenters. The van der Waals surface area contributed by atoms with Gasteiger partial charge in [0.15, 0.2) is 0 Å². The van der Waals surface area contributed by atoms with Gasteiger partial charge in [-0.15, -0.1) is 0 Å². The molecule has 0 heterocycles. The van der Waals surface area contributed by atoms with Crippen molar-refractivity contribution in [3.8, 4) is 0 Å². The summed E-state index contributed by atoms with van der Waals surface area (Å²) in [5.41, 5.74) is 0. The third-order valence-corrected chi connectivity index (χ3v) is 0. The van der Waals surface area contributed by atoms with E-state index in [0.717, 1.165) is 0 Å². The average molecular weight is 245 g/mol. The van der Waals surface area contributed by atoms with Crippen LogP contribution >= 0.6 is 8.69 Å². The van der Waals surface area contributed by atoms with Crippen molar-refractivity contribution in [1.29, 1.82) is 0 Å². The first-order valence-electron chi connectivity index (χ1n) is 0.428. The molecule has 0 aromatic rings. The molecule has 0 aromatic carbocycles. The normalized spacial score (nSPS) is 1.62. The molecule has 0 amide bonds. The van der Waals surface area contributed by atoms with E-state index in [1.165, 1.54) is 0 Å². The van der Waals surface area contributed by atoms with Gasteiger partial charge >= 0.3 is 8.69 Å². The molecule has 1 unspecified atom stereocenters. The highest BCUT2D eigenvalue weighted by Gasteiger charge is 1.45. The first kappa shape index (κ1) is 625. The highest BCUT2D eigenvalue weighted by Crippen LogP contribution is 1.66. The molecule has 13 heavy (non-hydrogen) atoms. The van der Waals surface area contributed by atoms with Crippen LogP contribution in [-0.2, 0) is 4.57 Å². The largest absolute Gasteiger partial charge is 0.491 e. The van der Waals surface area contributed by atoms with E-state index in [-0.39, 0.29) is 54.8 Å². The Balaban J connectivity index is -0.000000000444. The van der Waals surface area contributed by atoms with Gasteiger partial charge in [0.1, 0.15) is 0 Å². The standard InChI is InChI=1S/HO2P.10H2O/c1-3-2;;;;;;;;;;/h3H;10*1H2/p+1. The van der Waals surface area contributed by atoms with Crippen molar-refractivity contribution < 1.29 is 64.2 Å². The lowest BCUT2D eigenvalue weighted by molar-refractivity contribution is 0.524. The Bertz CT molecular complexity index is 12.6. The van der Waals surface area contributed by atoms with E-state index in [1.807, 2.05) is 0 Å². The summed E-state index contributed by atoms with van der Waals surface area (Å²) in [7, 11) is -1.17. The predicted octanol–water partition coefficient (Wildman–Crippen LogP) is -8.33. The molecule has 0 aliphatic carbocycles. The van der Waals surface area contributed by atoms with Crippen molar-refractivity contribution in [1.82, 2.24) is 0 Å². The highest BCUT2D eigenvalue weighted by atomic mass is 31.1. The van der Waals surface area contributed by atoms with Crippen LogP contribution in [0.1, 0.15) is 0 Å². The van der Waals surface area contributed by atoms with Crippen molar-refractivity contribution >= 4 is 8.69 Å². The smallest absolute Gasteiger partial charge is 0.412 e. The maximum atomic E-state index is 8.51. The Morgan fingerprint density at radius 3 is 0.538 bits per heavy atom. The van der Waals surface area contributed by atoms with Gasteiger partial charge in [-0.3, -0.25) is 0 Å². The monoisotopic (exact) mass is 245 g/mol. The van der Waals surface area contributed by atoms with Crippen molar-refractivity contribution in [2.24, 2.45) is 0 Å². The van der Waals surface area contributed by atoms with Crippen LogP contribution in [0.15, 0.2) is 0 Å². The molecule has 98 valence electrons. The molecule has 13 heteroatoms. The molecule has 0 radical (unpaired) electrons. The van der Waals surface area contributed by atoms with E-state index in [1.54, 1.807) is 0 Å². The van der Waals surface area contributed by atoms with Crippen LogP contribution < -0.4 is 0 Å². The second-order valence-electron chi connectivity index (χ2n) is 0.0913. The van der Waals surface area contributed by atoms with Crippen molar-refractivity contribution in [2.45, 2.75) is 0 Å². The Kier molecular flexibility index (Phi) is 146000. The topological polar surface area (TPSA) is 352 Å². The number of rotatable bonds is 0. The summed E-state index contributed by atoms with van der Waals surface area (Å²) < 4.78 is 8.51. The first-order valence-corrected chi connectivity index (χ1v) is 1.28. The van der Waals surface area contributed by atoms with E-state index in [2.05, 4.69) is 0 Å². The molecule has 0 bridgehead atoms. The summed E-state index contributed by atoms with van der Waals surface area (Å²) in [6.45, 7) is 0. The zero-order valence-corrected chi connectivity index (χ0v) is 7.36. The van der Waals surface area contributed by atoms with E-state index in [4.69, 9.17) is 9.46 Å². The van der Waals surface area contributed by atoms with Crippen molar-refractivity contribution in [3.05, 3.63) is 0 Å². The third-order valence-electron chi connectivity index (χ3n) is 0. The van der Waals surface area contributed by atoms with Crippen molar-refractivity contribution in [3.63, 3.8) is 0 Å². The van der Waals surface area contributed by atoms with Crippen LogP contribution in [0.2, 0.25) is 0 Å². The molecular weight excluding hydrogens is 223 g/mol. The fourth-order valence-corrected chi connectivity index (χ4v) is 0. The molecule has 21 N–H and O–H groups in total. The Labute approximate surface area is 74.2 Å². The van der Waals surface area contributed by atoms with E-state index in [9.17, 15) is 0 Å². The number of hydrogen-bond acceptors (Lipinski definition) is 1. The summed E-state index contributed by atoms with van der Waals surface area (Å²) in [6.07, 6.45) is 0. The summed E-state index contributed by atoms with van der Waals surface area (Å²) in [5.74, 6) is 0. The van der Waals surface area contributed by atoms with Gasteiger partial charge in [0.25, 0.3) is 0 Å². The lowest BCUT2D eigenvalue weighted by Gasteiger charge is -1.08. The van der Waals surface area contributed by atoms with E-state index in [0.29, 0.717) is 0 Å². The van der Waals surface area contributed by atoms with Crippen LogP contribution in [0.3, 0.4) is 0 Å². The highest BCUT2D eigenvalue weighted by molar-refractivity contribution is 7.16. The zero-order valence-electron chi connectivity index (χ0n) is 6.36. The maximum Gasteiger partial charge on any atom is 0.491 e. The summed E-state index contributed by atoms with van der Waals surface area (Å²) in [4.78, 5) is 7.04. The summed E-state index contributed by atoms with van der Waals surface area (Å²) in [5, 5.41) is 0. The fraction of sp³-hybridized carbons (Fsp3) is 0. The SMILES string of the molecule is O.O.O.O.O.O.O.O.O.O.O=[PH+]O. The van der Waals surface area contributed by atoms with Gasteiger partial charge in [0.05, 0.1) is 0 Å². The minimum atomic E-state index is -1.17. The molecule has 0 rings (SSSR count). The van der Waals surface area contributed by atoms with Gasteiger partial charge in [-0.1, -0.05) is 0 Å². The van der Waals surface area contributed by atoms with E-state index >= 15 is 0 Å². The van der Waals surface area contributed by atoms with Crippen LogP contribution in [0.5, 0.6) is 0 Å². The lowest BCUT2D eigenvalue weighted by atomic mass is 15.9. The molecule has 0 aromatic heterocycles. The molecular formula is H22O12P+. The van der Waals surface area contributed by atoms with Crippen LogP contribution in [0, 0.1) is 0 Å². The molecule has 0 aliphatic rings. The van der Waals surface area contributed by atoms with Gasteiger partial charge in [0.2, 0.25) is 0 Å². The summed E-state index contributed by atoms with van der Waals surface area (Å²) >= 11 is 0. The lowest BCUT2D eigenvalue weighted by Crippen LogP contribution is -1.03. The fourth-order valence-electron chi connectivity index (χ4n) is 0. The Hall–Kier alpha value is -0.340.